The summed E-state index contributed by atoms with van der Waals surface area (Å²) < 4.78 is 26.8. The Morgan fingerprint density at radius 3 is 2.62 bits per heavy atom. The highest BCUT2D eigenvalue weighted by atomic mass is 19.1. The molecule has 1 heterocycles. The first-order chi connectivity index (χ1) is 7.74. The lowest BCUT2D eigenvalue weighted by molar-refractivity contribution is 0.579. The molecule has 0 saturated heterocycles. The van der Waals surface area contributed by atoms with Gasteiger partial charge in [0, 0.05) is 23.5 Å². The molecule has 0 aliphatic heterocycles. The third kappa shape index (κ3) is 1.63. The number of hydrogen-bond donors (Lipinski definition) is 0. The minimum absolute atomic E-state index is 0.172. The van der Waals surface area contributed by atoms with E-state index < -0.39 is 17.2 Å². The smallest absolute Gasteiger partial charge is 0.151 e. The molecule has 2 rings (SSSR count). The summed E-state index contributed by atoms with van der Waals surface area (Å²) in [6.45, 7) is 0. The Hall–Kier alpha value is -2.28. The van der Waals surface area contributed by atoms with Crippen LogP contribution in [-0.4, -0.2) is 4.98 Å². The van der Waals surface area contributed by atoms with Gasteiger partial charge in [0.1, 0.15) is 17.4 Å². The molecule has 1 aromatic carbocycles. The molecule has 4 heteroatoms. The Bertz CT molecular complexity index is 559. The molecule has 0 spiro atoms. The second-order valence-corrected chi connectivity index (χ2v) is 3.14. The zero-order valence-electron chi connectivity index (χ0n) is 8.11. The van der Waals surface area contributed by atoms with Crippen LogP contribution in [0, 0.1) is 23.0 Å². The van der Waals surface area contributed by atoms with Crippen molar-refractivity contribution in [1.82, 2.24) is 4.98 Å². The summed E-state index contributed by atoms with van der Waals surface area (Å²) in [5.74, 6) is -1.71. The van der Waals surface area contributed by atoms with Crippen LogP contribution in [0.25, 0.3) is 11.1 Å². The minimum Gasteiger partial charge on any atom is -0.264 e. The lowest BCUT2D eigenvalue weighted by Crippen LogP contribution is -1.93. The van der Waals surface area contributed by atoms with E-state index in [4.69, 9.17) is 5.26 Å². The van der Waals surface area contributed by atoms with Crippen molar-refractivity contribution in [3.05, 3.63) is 53.9 Å². The van der Waals surface area contributed by atoms with Gasteiger partial charge in [-0.15, -0.1) is 0 Å². The van der Waals surface area contributed by atoms with Gasteiger partial charge in [-0.3, -0.25) is 4.98 Å². The molecular formula is C12H6F2N2. The van der Waals surface area contributed by atoms with Gasteiger partial charge in [-0.25, -0.2) is 8.78 Å². The van der Waals surface area contributed by atoms with Crippen molar-refractivity contribution in [1.29, 1.82) is 5.26 Å². The molecule has 0 aliphatic rings. The molecule has 0 N–H and O–H groups in total. The highest BCUT2D eigenvalue weighted by Crippen LogP contribution is 2.25. The van der Waals surface area contributed by atoms with Crippen molar-refractivity contribution in [3.8, 4) is 17.2 Å². The highest BCUT2D eigenvalue weighted by Gasteiger charge is 2.14. The zero-order chi connectivity index (χ0) is 11.5. The largest absolute Gasteiger partial charge is 0.264 e. The molecule has 0 saturated carbocycles. The number of nitrogens with zero attached hydrogens (tertiary/aromatic N) is 2. The van der Waals surface area contributed by atoms with Gasteiger partial charge in [-0.1, -0.05) is 6.07 Å². The van der Waals surface area contributed by atoms with E-state index in [9.17, 15) is 8.78 Å². The summed E-state index contributed by atoms with van der Waals surface area (Å²) in [5, 5.41) is 8.62. The Balaban J connectivity index is 2.65. The number of aromatic nitrogens is 1. The van der Waals surface area contributed by atoms with E-state index in [-0.39, 0.29) is 5.56 Å². The number of pyridine rings is 1. The maximum Gasteiger partial charge on any atom is 0.151 e. The van der Waals surface area contributed by atoms with Gasteiger partial charge < -0.3 is 0 Å². The number of halogens is 2. The van der Waals surface area contributed by atoms with Crippen LogP contribution in [0.4, 0.5) is 8.78 Å². The van der Waals surface area contributed by atoms with Crippen molar-refractivity contribution < 1.29 is 8.78 Å². The molecule has 0 amide bonds. The SMILES string of the molecule is N#Cc1c(F)ccc(-c2cccnc2)c1F. The summed E-state index contributed by atoms with van der Waals surface area (Å²) >= 11 is 0. The summed E-state index contributed by atoms with van der Waals surface area (Å²) in [4.78, 5) is 3.84. The van der Waals surface area contributed by atoms with E-state index in [1.165, 1.54) is 18.3 Å². The molecule has 0 unspecified atom stereocenters. The van der Waals surface area contributed by atoms with Crippen molar-refractivity contribution in [2.45, 2.75) is 0 Å². The first kappa shape index (κ1) is 10.2. The maximum absolute atomic E-state index is 13.7. The predicted octanol–water partition coefficient (Wildman–Crippen LogP) is 2.90. The van der Waals surface area contributed by atoms with Crippen LogP contribution in [0.5, 0.6) is 0 Å². The Labute approximate surface area is 90.8 Å². The van der Waals surface area contributed by atoms with E-state index in [2.05, 4.69) is 4.98 Å². The lowest BCUT2D eigenvalue weighted by Gasteiger charge is -2.04. The first-order valence-electron chi connectivity index (χ1n) is 4.52. The van der Waals surface area contributed by atoms with E-state index in [0.717, 1.165) is 6.07 Å². The second kappa shape index (κ2) is 4.07. The number of hydrogen-bond acceptors (Lipinski definition) is 2. The average molecular weight is 216 g/mol. The Morgan fingerprint density at radius 1 is 1.19 bits per heavy atom. The van der Waals surface area contributed by atoms with Crippen LogP contribution < -0.4 is 0 Å². The van der Waals surface area contributed by atoms with Crippen molar-refractivity contribution in [2.24, 2.45) is 0 Å². The Morgan fingerprint density at radius 2 is 2.00 bits per heavy atom. The van der Waals surface area contributed by atoms with Gasteiger partial charge in [-0.05, 0) is 18.2 Å². The van der Waals surface area contributed by atoms with Crippen LogP contribution in [0.2, 0.25) is 0 Å². The first-order valence-corrected chi connectivity index (χ1v) is 4.52. The molecule has 0 radical (unpaired) electrons. The maximum atomic E-state index is 13.7. The van der Waals surface area contributed by atoms with Gasteiger partial charge in [0.05, 0.1) is 0 Å². The van der Waals surface area contributed by atoms with Crippen LogP contribution >= 0.6 is 0 Å². The third-order valence-corrected chi connectivity index (χ3v) is 2.18. The van der Waals surface area contributed by atoms with Crippen molar-refractivity contribution in [2.75, 3.05) is 0 Å². The normalized spacial score (nSPS) is 9.81. The van der Waals surface area contributed by atoms with Gasteiger partial charge in [0.15, 0.2) is 5.82 Å². The predicted molar refractivity (Wildman–Crippen MR) is 54.3 cm³/mol. The molecule has 0 atom stereocenters. The molecule has 0 aliphatic carbocycles. The van der Waals surface area contributed by atoms with Gasteiger partial charge >= 0.3 is 0 Å². The fourth-order valence-corrected chi connectivity index (χ4v) is 1.40. The van der Waals surface area contributed by atoms with Crippen molar-refractivity contribution in [3.63, 3.8) is 0 Å². The summed E-state index contributed by atoms with van der Waals surface area (Å²) in [7, 11) is 0. The monoisotopic (exact) mass is 216 g/mol. The van der Waals surface area contributed by atoms with E-state index >= 15 is 0 Å². The zero-order valence-corrected chi connectivity index (χ0v) is 8.11. The van der Waals surface area contributed by atoms with E-state index in [1.807, 2.05) is 0 Å². The summed E-state index contributed by atoms with van der Waals surface area (Å²) in [5.41, 5.74) is 0.115. The lowest BCUT2D eigenvalue weighted by atomic mass is 10.0. The molecule has 0 bridgehead atoms. The minimum atomic E-state index is -0.854. The van der Waals surface area contributed by atoms with Crippen LogP contribution in [0.3, 0.4) is 0 Å². The molecule has 2 nitrogen and oxygen atoms in total. The number of benzene rings is 1. The fraction of sp³-hybridized carbons (Fsp3) is 0. The third-order valence-electron chi connectivity index (χ3n) is 2.18. The number of rotatable bonds is 1. The van der Waals surface area contributed by atoms with E-state index in [1.54, 1.807) is 18.3 Å². The van der Waals surface area contributed by atoms with Crippen molar-refractivity contribution >= 4 is 0 Å². The fourth-order valence-electron chi connectivity index (χ4n) is 1.40. The quantitative estimate of drug-likeness (QED) is 0.734. The van der Waals surface area contributed by atoms with Gasteiger partial charge in [-0.2, -0.15) is 5.26 Å². The molecule has 0 fully saturated rings. The molecule has 78 valence electrons. The van der Waals surface area contributed by atoms with Crippen LogP contribution in [0.15, 0.2) is 36.7 Å². The topological polar surface area (TPSA) is 36.7 Å². The standard InChI is InChI=1S/C12H6F2N2/c13-11-4-3-9(12(14)10(11)6-15)8-2-1-5-16-7-8/h1-5,7H. The highest BCUT2D eigenvalue weighted by molar-refractivity contribution is 5.65. The van der Waals surface area contributed by atoms with Gasteiger partial charge in [0.25, 0.3) is 0 Å². The summed E-state index contributed by atoms with van der Waals surface area (Å²) in [6, 6.07) is 7.16. The Kier molecular flexibility index (Phi) is 2.61. The second-order valence-electron chi connectivity index (χ2n) is 3.14. The molecule has 1 aromatic heterocycles. The molecule has 16 heavy (non-hydrogen) atoms. The molecule has 2 aromatic rings. The summed E-state index contributed by atoms with van der Waals surface area (Å²) in [6.07, 6.45) is 3.01. The number of nitriles is 1. The molecular weight excluding hydrogens is 210 g/mol. The van der Waals surface area contributed by atoms with Crippen LogP contribution in [-0.2, 0) is 0 Å². The van der Waals surface area contributed by atoms with Gasteiger partial charge in [0.2, 0.25) is 0 Å². The average Bonchev–Trinajstić information content (AvgIpc) is 2.31. The van der Waals surface area contributed by atoms with E-state index in [0.29, 0.717) is 5.56 Å². The van der Waals surface area contributed by atoms with Crippen LogP contribution in [0.1, 0.15) is 5.56 Å².